The van der Waals surface area contributed by atoms with Crippen LogP contribution in [0.15, 0.2) is 48.5 Å². The first kappa shape index (κ1) is 18.4. The molecule has 0 unspecified atom stereocenters. The summed E-state index contributed by atoms with van der Waals surface area (Å²) in [4.78, 5) is 24.4. The number of nitrogens with zero attached hydrogens (tertiary/aromatic N) is 2. The van der Waals surface area contributed by atoms with Gasteiger partial charge in [0, 0.05) is 17.9 Å². The zero-order valence-electron chi connectivity index (χ0n) is 14.7. The van der Waals surface area contributed by atoms with E-state index in [0.29, 0.717) is 22.2 Å². The molecule has 0 aliphatic carbocycles. The summed E-state index contributed by atoms with van der Waals surface area (Å²) in [5.74, 6) is -0.225. The third-order valence-electron chi connectivity index (χ3n) is 3.94. The third kappa shape index (κ3) is 3.48. The summed E-state index contributed by atoms with van der Waals surface area (Å²) in [6, 6.07) is 13.1. The standard InChI is InChI=1S/C19H17N2O6/c1-3-26-19(23)27-18-15-10-9-14(21(24)25)11-16(15)20(12(2)22)17(18)13-7-5-4-6-8-13/h4-11,24H,3H2,1-2H3/q-1. The van der Waals surface area contributed by atoms with Crippen molar-refractivity contribution in [3.05, 3.63) is 53.7 Å². The van der Waals surface area contributed by atoms with Crippen molar-refractivity contribution in [2.24, 2.45) is 0 Å². The fourth-order valence-corrected chi connectivity index (χ4v) is 2.88. The molecule has 0 saturated heterocycles. The maximum atomic E-state index is 12.4. The molecule has 0 fully saturated rings. The van der Waals surface area contributed by atoms with Gasteiger partial charge in [0.25, 0.3) is 0 Å². The number of fused-ring (bicyclic) bond motifs is 1. The highest BCUT2D eigenvalue weighted by Crippen LogP contribution is 2.41. The predicted molar refractivity (Wildman–Crippen MR) is 99.0 cm³/mol. The Bertz CT molecular complexity index is 994. The lowest BCUT2D eigenvalue weighted by Gasteiger charge is -2.21. The van der Waals surface area contributed by atoms with Gasteiger partial charge in [-0.3, -0.25) is 14.6 Å². The van der Waals surface area contributed by atoms with Crippen LogP contribution in [-0.4, -0.2) is 28.4 Å². The van der Waals surface area contributed by atoms with Gasteiger partial charge in [0.05, 0.1) is 23.5 Å². The summed E-state index contributed by atoms with van der Waals surface area (Å²) in [6.07, 6.45) is -0.908. The van der Waals surface area contributed by atoms with Gasteiger partial charge in [-0.15, -0.1) is 0 Å². The molecule has 0 bridgehead atoms. The number of carbonyl (C=O) groups excluding carboxylic acids is 2. The topological polar surface area (TPSA) is 104 Å². The van der Waals surface area contributed by atoms with E-state index in [1.165, 1.54) is 29.7 Å². The van der Waals surface area contributed by atoms with Crippen molar-refractivity contribution >= 4 is 28.7 Å². The second kappa shape index (κ2) is 7.48. The molecule has 0 radical (unpaired) electrons. The van der Waals surface area contributed by atoms with E-state index < -0.39 is 6.16 Å². The molecule has 3 aromatic rings. The highest BCUT2D eigenvalue weighted by molar-refractivity contribution is 6.05. The molecule has 0 aliphatic rings. The van der Waals surface area contributed by atoms with Crippen molar-refractivity contribution in [3.63, 3.8) is 0 Å². The van der Waals surface area contributed by atoms with Crippen LogP contribution < -0.4 is 9.96 Å². The van der Waals surface area contributed by atoms with Crippen LogP contribution in [0.1, 0.15) is 18.6 Å². The molecule has 0 aliphatic heterocycles. The molecular weight excluding hydrogens is 352 g/mol. The summed E-state index contributed by atoms with van der Waals surface area (Å²) >= 11 is 0. The normalized spacial score (nSPS) is 10.7. The van der Waals surface area contributed by atoms with Crippen molar-refractivity contribution in [2.75, 3.05) is 11.8 Å². The summed E-state index contributed by atoms with van der Waals surface area (Å²) in [7, 11) is 0. The van der Waals surface area contributed by atoms with Crippen LogP contribution in [0, 0.1) is 5.21 Å². The lowest BCUT2D eigenvalue weighted by atomic mass is 10.1. The van der Waals surface area contributed by atoms with E-state index in [1.807, 2.05) is 6.07 Å². The molecule has 1 N–H and O–H groups in total. The molecule has 1 aromatic heterocycles. The quantitative estimate of drug-likeness (QED) is 0.543. The van der Waals surface area contributed by atoms with E-state index >= 15 is 0 Å². The number of carbonyl (C=O) groups is 2. The molecular formula is C19H17N2O6-. The van der Waals surface area contributed by atoms with Gasteiger partial charge in [-0.1, -0.05) is 30.3 Å². The van der Waals surface area contributed by atoms with Gasteiger partial charge in [0.15, 0.2) is 5.75 Å². The molecule has 27 heavy (non-hydrogen) atoms. The fraction of sp³-hybridized carbons (Fsp3) is 0.158. The fourth-order valence-electron chi connectivity index (χ4n) is 2.88. The van der Waals surface area contributed by atoms with Crippen LogP contribution in [-0.2, 0) is 4.74 Å². The van der Waals surface area contributed by atoms with Gasteiger partial charge in [-0.25, -0.2) is 4.79 Å². The second-order valence-electron chi connectivity index (χ2n) is 5.66. The van der Waals surface area contributed by atoms with Gasteiger partial charge in [-0.05, 0) is 25.1 Å². The summed E-state index contributed by atoms with van der Waals surface area (Å²) in [6.45, 7) is 3.12. The maximum Gasteiger partial charge on any atom is 0.513 e. The first-order chi connectivity index (χ1) is 12.9. The second-order valence-corrected chi connectivity index (χ2v) is 5.66. The summed E-state index contributed by atoms with van der Waals surface area (Å²) < 4.78 is 11.6. The van der Waals surface area contributed by atoms with Gasteiger partial charge >= 0.3 is 6.16 Å². The van der Waals surface area contributed by atoms with Crippen molar-refractivity contribution in [1.82, 2.24) is 4.57 Å². The van der Waals surface area contributed by atoms with Crippen LogP contribution >= 0.6 is 0 Å². The minimum Gasteiger partial charge on any atom is -0.733 e. The lowest BCUT2D eigenvalue weighted by molar-refractivity contribution is 0.0937. The van der Waals surface area contributed by atoms with Gasteiger partial charge in [0.1, 0.15) is 0 Å². The van der Waals surface area contributed by atoms with Crippen molar-refractivity contribution in [2.45, 2.75) is 13.8 Å². The summed E-state index contributed by atoms with van der Waals surface area (Å²) in [5, 5.41) is 20.6. The Morgan fingerprint density at radius 2 is 1.89 bits per heavy atom. The average Bonchev–Trinajstić information content (AvgIpc) is 2.96. The Morgan fingerprint density at radius 3 is 2.48 bits per heavy atom. The van der Waals surface area contributed by atoms with Crippen LogP contribution in [0.2, 0.25) is 0 Å². The monoisotopic (exact) mass is 369 g/mol. The number of hydrogen-bond donors (Lipinski definition) is 1. The first-order valence-corrected chi connectivity index (χ1v) is 8.19. The lowest BCUT2D eigenvalue weighted by Crippen LogP contribution is -2.12. The van der Waals surface area contributed by atoms with Crippen LogP contribution in [0.4, 0.5) is 10.5 Å². The van der Waals surface area contributed by atoms with Crippen LogP contribution in [0.5, 0.6) is 5.75 Å². The van der Waals surface area contributed by atoms with E-state index in [1.54, 1.807) is 31.2 Å². The van der Waals surface area contributed by atoms with E-state index in [0.717, 1.165) is 0 Å². The van der Waals surface area contributed by atoms with Crippen molar-refractivity contribution in [3.8, 4) is 17.0 Å². The van der Waals surface area contributed by atoms with Crippen molar-refractivity contribution < 1.29 is 24.3 Å². The number of anilines is 1. The smallest absolute Gasteiger partial charge is 0.513 e. The predicted octanol–water partition coefficient (Wildman–Crippen LogP) is 4.20. The Morgan fingerprint density at radius 1 is 1.19 bits per heavy atom. The zero-order valence-corrected chi connectivity index (χ0v) is 14.7. The van der Waals surface area contributed by atoms with Crippen molar-refractivity contribution in [1.29, 1.82) is 0 Å². The average molecular weight is 369 g/mol. The highest BCUT2D eigenvalue weighted by atomic mass is 16.8. The van der Waals surface area contributed by atoms with Gasteiger partial charge in [-0.2, -0.15) is 0 Å². The number of ether oxygens (including phenoxy) is 2. The zero-order chi connectivity index (χ0) is 19.6. The molecule has 3 rings (SSSR count). The van der Waals surface area contributed by atoms with E-state index in [9.17, 15) is 20.0 Å². The molecule has 0 spiro atoms. The Kier molecular flexibility index (Phi) is 5.11. The third-order valence-corrected chi connectivity index (χ3v) is 3.94. The molecule has 140 valence electrons. The van der Waals surface area contributed by atoms with E-state index in [-0.39, 0.29) is 29.2 Å². The number of aromatic nitrogens is 1. The Hall–Kier alpha value is -3.36. The maximum absolute atomic E-state index is 12.4. The molecule has 0 atom stereocenters. The molecule has 0 saturated carbocycles. The minimum atomic E-state index is -0.908. The minimum absolute atomic E-state index is 0.0650. The molecule has 8 heteroatoms. The van der Waals surface area contributed by atoms with Gasteiger partial charge < -0.3 is 19.9 Å². The van der Waals surface area contributed by atoms with Crippen LogP contribution in [0.25, 0.3) is 22.2 Å². The Labute approximate surface area is 154 Å². The Balaban J connectivity index is 2.35. The number of rotatable bonds is 4. The highest BCUT2D eigenvalue weighted by Gasteiger charge is 2.25. The molecule has 8 nitrogen and oxygen atoms in total. The number of hydrogen-bond acceptors (Lipinski definition) is 7. The largest absolute Gasteiger partial charge is 0.733 e. The summed E-state index contributed by atoms with van der Waals surface area (Å²) in [5.41, 5.74) is 1.23. The van der Waals surface area contributed by atoms with Crippen LogP contribution in [0.3, 0.4) is 0 Å². The molecule has 2 aromatic carbocycles. The first-order valence-electron chi connectivity index (χ1n) is 8.19. The molecule has 1 heterocycles. The van der Waals surface area contributed by atoms with E-state index in [4.69, 9.17) is 9.47 Å². The molecule has 0 amide bonds. The SMILES string of the molecule is CCOC(=O)Oc1c(-c2ccccc2)n(C(C)=O)c2cc(N([O-])O)ccc12. The van der Waals surface area contributed by atoms with E-state index in [2.05, 4.69) is 0 Å². The number of benzene rings is 2. The van der Waals surface area contributed by atoms with Gasteiger partial charge in [0.2, 0.25) is 5.91 Å².